The van der Waals surface area contributed by atoms with Gasteiger partial charge in [0, 0.05) is 36.4 Å². The number of aromatic nitrogens is 1. The second-order valence-electron chi connectivity index (χ2n) is 7.21. The lowest BCUT2D eigenvalue weighted by Crippen LogP contribution is -2.38. The quantitative estimate of drug-likeness (QED) is 0.379. The first-order valence-electron chi connectivity index (χ1n) is 9.88. The Labute approximate surface area is 176 Å². The normalized spacial score (nSPS) is 12.3. The summed E-state index contributed by atoms with van der Waals surface area (Å²) in [4.78, 5) is 7.79. The largest absolute Gasteiger partial charge is 0.361 e. The fourth-order valence-corrected chi connectivity index (χ4v) is 4.17. The zero-order valence-corrected chi connectivity index (χ0v) is 18.0. The summed E-state index contributed by atoms with van der Waals surface area (Å²) in [6.07, 6.45) is 3.99. The molecular formula is C22H27FN4O2S. The number of aromatic amines is 1. The van der Waals surface area contributed by atoms with E-state index in [9.17, 15) is 12.8 Å². The van der Waals surface area contributed by atoms with E-state index in [1.54, 1.807) is 0 Å². The van der Waals surface area contributed by atoms with Crippen LogP contribution < -0.4 is 10.6 Å². The highest BCUT2D eigenvalue weighted by molar-refractivity contribution is 7.89. The average Bonchev–Trinajstić information content (AvgIpc) is 3.10. The number of fused-ring (bicyclic) bond motifs is 1. The van der Waals surface area contributed by atoms with Gasteiger partial charge in [-0.2, -0.15) is 0 Å². The number of rotatable bonds is 8. The van der Waals surface area contributed by atoms with Gasteiger partial charge in [0.2, 0.25) is 0 Å². The second-order valence-corrected chi connectivity index (χ2v) is 9.35. The third kappa shape index (κ3) is 6.06. The fraction of sp³-hybridized carbons (Fsp3) is 0.318. The topological polar surface area (TPSA) is 86.3 Å². The molecule has 0 aliphatic rings. The number of guanidine groups is 1. The first-order valence-corrected chi connectivity index (χ1v) is 11.9. The van der Waals surface area contributed by atoms with Crippen LogP contribution in [0.2, 0.25) is 0 Å². The van der Waals surface area contributed by atoms with E-state index in [1.807, 2.05) is 31.3 Å². The van der Waals surface area contributed by atoms with Crippen LogP contribution >= 0.6 is 0 Å². The van der Waals surface area contributed by atoms with Gasteiger partial charge in [-0.05, 0) is 48.2 Å². The third-order valence-electron chi connectivity index (χ3n) is 4.70. The van der Waals surface area contributed by atoms with Gasteiger partial charge in [0.25, 0.3) is 0 Å². The van der Waals surface area contributed by atoms with Crippen molar-refractivity contribution < 1.29 is 12.8 Å². The molecule has 0 saturated heterocycles. The molecule has 0 aliphatic carbocycles. The number of H-pyrrole nitrogens is 1. The van der Waals surface area contributed by atoms with Gasteiger partial charge in [0.05, 0.1) is 12.3 Å². The molecule has 0 aliphatic heterocycles. The lowest BCUT2D eigenvalue weighted by Gasteiger charge is -2.12. The summed E-state index contributed by atoms with van der Waals surface area (Å²) in [6.45, 7) is 3.50. The third-order valence-corrected chi connectivity index (χ3v) is 5.53. The molecule has 0 amide bonds. The van der Waals surface area contributed by atoms with Crippen molar-refractivity contribution in [2.45, 2.75) is 25.6 Å². The van der Waals surface area contributed by atoms with E-state index in [-0.39, 0.29) is 12.3 Å². The van der Waals surface area contributed by atoms with Crippen LogP contribution in [0.4, 0.5) is 4.39 Å². The highest BCUT2D eigenvalue weighted by Gasteiger charge is 2.11. The summed E-state index contributed by atoms with van der Waals surface area (Å²) >= 11 is 0. The maximum absolute atomic E-state index is 13.7. The number of nitrogens with zero attached hydrogens (tertiary/aromatic N) is 1. The molecule has 0 fully saturated rings. The summed E-state index contributed by atoms with van der Waals surface area (Å²) < 4.78 is 37.0. The van der Waals surface area contributed by atoms with Crippen molar-refractivity contribution in [3.8, 4) is 0 Å². The molecule has 2 aromatic carbocycles. The van der Waals surface area contributed by atoms with Crippen molar-refractivity contribution >= 4 is 26.7 Å². The smallest absolute Gasteiger partial charge is 0.191 e. The molecule has 0 bridgehead atoms. The van der Waals surface area contributed by atoms with Gasteiger partial charge < -0.3 is 15.6 Å². The zero-order chi connectivity index (χ0) is 21.6. The maximum atomic E-state index is 13.7. The first-order chi connectivity index (χ1) is 14.4. The molecule has 0 saturated carbocycles. The van der Waals surface area contributed by atoms with Crippen molar-refractivity contribution in [3.05, 3.63) is 71.2 Å². The Morgan fingerprint density at radius 1 is 1.10 bits per heavy atom. The SMILES string of the molecule is CCNC(=NCc1cc(F)ccc1CS(C)(=O)=O)NCCc1c[nH]c2ccccc12. The highest BCUT2D eigenvalue weighted by atomic mass is 32.2. The number of halogens is 1. The second kappa shape index (κ2) is 9.75. The molecule has 0 spiro atoms. The first kappa shape index (κ1) is 21.8. The van der Waals surface area contributed by atoms with E-state index in [0.717, 1.165) is 11.9 Å². The minimum atomic E-state index is -3.22. The molecule has 0 radical (unpaired) electrons. The van der Waals surface area contributed by atoms with Crippen LogP contribution in [0.25, 0.3) is 10.9 Å². The van der Waals surface area contributed by atoms with Gasteiger partial charge in [0.1, 0.15) is 5.82 Å². The van der Waals surface area contributed by atoms with Crippen LogP contribution in [0.3, 0.4) is 0 Å². The van der Waals surface area contributed by atoms with Crippen molar-refractivity contribution in [1.82, 2.24) is 15.6 Å². The van der Waals surface area contributed by atoms with E-state index < -0.39 is 15.7 Å². The lowest BCUT2D eigenvalue weighted by molar-refractivity contribution is 0.600. The molecule has 6 nitrogen and oxygen atoms in total. The number of hydrogen-bond acceptors (Lipinski definition) is 3. The van der Waals surface area contributed by atoms with Crippen LogP contribution in [-0.2, 0) is 28.6 Å². The number of sulfone groups is 1. The molecule has 3 rings (SSSR count). The fourth-order valence-electron chi connectivity index (χ4n) is 3.32. The van der Waals surface area contributed by atoms with E-state index in [1.165, 1.54) is 35.4 Å². The molecule has 30 heavy (non-hydrogen) atoms. The van der Waals surface area contributed by atoms with E-state index in [4.69, 9.17) is 0 Å². The standard InChI is InChI=1S/C22H27FN4O2S/c1-3-24-22(25-11-10-16-13-26-21-7-5-4-6-20(16)21)27-14-18-12-19(23)9-8-17(18)15-30(2,28)29/h4-9,12-13,26H,3,10-11,14-15H2,1-2H3,(H2,24,25,27). The summed E-state index contributed by atoms with van der Waals surface area (Å²) in [5.41, 5.74) is 3.46. The summed E-state index contributed by atoms with van der Waals surface area (Å²) in [5, 5.41) is 7.66. The van der Waals surface area contributed by atoms with Crippen molar-refractivity contribution in [1.29, 1.82) is 0 Å². The monoisotopic (exact) mass is 430 g/mol. The van der Waals surface area contributed by atoms with Crippen LogP contribution in [0, 0.1) is 5.82 Å². The highest BCUT2D eigenvalue weighted by Crippen LogP contribution is 2.18. The van der Waals surface area contributed by atoms with Crippen LogP contribution in [0.5, 0.6) is 0 Å². The van der Waals surface area contributed by atoms with Crippen molar-refractivity contribution in [3.63, 3.8) is 0 Å². The van der Waals surface area contributed by atoms with Gasteiger partial charge in [-0.1, -0.05) is 24.3 Å². The molecule has 1 aromatic heterocycles. The van der Waals surface area contributed by atoms with Crippen LogP contribution in [-0.4, -0.2) is 38.7 Å². The zero-order valence-electron chi connectivity index (χ0n) is 17.2. The van der Waals surface area contributed by atoms with Gasteiger partial charge in [-0.25, -0.2) is 17.8 Å². The molecule has 1 heterocycles. The number of para-hydroxylation sites is 1. The summed E-state index contributed by atoms with van der Waals surface area (Å²) in [7, 11) is -3.22. The van der Waals surface area contributed by atoms with Crippen molar-refractivity contribution in [2.75, 3.05) is 19.3 Å². The molecule has 160 valence electrons. The molecular weight excluding hydrogens is 403 g/mol. The summed E-state index contributed by atoms with van der Waals surface area (Å²) in [5.74, 6) is 0.0597. The van der Waals surface area contributed by atoms with Crippen molar-refractivity contribution in [2.24, 2.45) is 4.99 Å². The van der Waals surface area contributed by atoms with Crippen LogP contribution in [0.15, 0.2) is 53.7 Å². The Balaban J connectivity index is 1.68. The van der Waals surface area contributed by atoms with E-state index in [0.29, 0.717) is 30.2 Å². The Morgan fingerprint density at radius 3 is 2.67 bits per heavy atom. The predicted octanol–water partition coefficient (Wildman–Crippen LogP) is 3.15. The average molecular weight is 431 g/mol. The van der Waals surface area contributed by atoms with Crippen LogP contribution in [0.1, 0.15) is 23.6 Å². The van der Waals surface area contributed by atoms with E-state index in [2.05, 4.69) is 26.7 Å². The van der Waals surface area contributed by atoms with Gasteiger partial charge in [-0.3, -0.25) is 0 Å². The van der Waals surface area contributed by atoms with E-state index >= 15 is 0 Å². The number of nitrogens with one attached hydrogen (secondary N) is 3. The lowest BCUT2D eigenvalue weighted by atomic mass is 10.1. The molecule has 3 aromatic rings. The summed E-state index contributed by atoms with van der Waals surface area (Å²) in [6, 6.07) is 12.3. The Kier molecular flexibility index (Phi) is 7.10. The molecule has 8 heteroatoms. The Bertz CT molecular complexity index is 1140. The predicted molar refractivity (Wildman–Crippen MR) is 120 cm³/mol. The van der Waals surface area contributed by atoms with Gasteiger partial charge in [-0.15, -0.1) is 0 Å². The minimum Gasteiger partial charge on any atom is -0.361 e. The molecule has 0 atom stereocenters. The van der Waals surface area contributed by atoms with Gasteiger partial charge >= 0.3 is 0 Å². The molecule has 0 unspecified atom stereocenters. The Morgan fingerprint density at radius 2 is 1.90 bits per heavy atom. The minimum absolute atomic E-state index is 0.136. The number of hydrogen-bond donors (Lipinski definition) is 3. The van der Waals surface area contributed by atoms with Gasteiger partial charge in [0.15, 0.2) is 15.8 Å². The maximum Gasteiger partial charge on any atom is 0.191 e. The number of aliphatic imine (C=N–C) groups is 1. The number of benzene rings is 2. The molecule has 3 N–H and O–H groups in total. The Hall–Kier alpha value is -2.87.